The van der Waals surface area contributed by atoms with E-state index in [1.54, 1.807) is 7.11 Å². The fourth-order valence-corrected chi connectivity index (χ4v) is 3.44. The number of piperazine rings is 1. The van der Waals surface area contributed by atoms with Crippen LogP contribution in [0.15, 0.2) is 48.5 Å². The molecule has 136 valence electrons. The molecule has 1 saturated heterocycles. The van der Waals surface area contributed by atoms with Crippen molar-refractivity contribution in [2.24, 2.45) is 5.92 Å². The van der Waals surface area contributed by atoms with E-state index in [1.807, 2.05) is 24.3 Å². The Balaban J connectivity index is 1.36. The van der Waals surface area contributed by atoms with Crippen molar-refractivity contribution in [2.75, 3.05) is 48.4 Å². The van der Waals surface area contributed by atoms with Crippen molar-refractivity contribution < 1.29 is 9.53 Å². The van der Waals surface area contributed by atoms with E-state index in [9.17, 15) is 4.79 Å². The molecule has 0 unspecified atom stereocenters. The topological polar surface area (TPSA) is 44.8 Å². The predicted molar refractivity (Wildman–Crippen MR) is 105 cm³/mol. The van der Waals surface area contributed by atoms with Crippen molar-refractivity contribution in [3.05, 3.63) is 48.5 Å². The van der Waals surface area contributed by atoms with Crippen molar-refractivity contribution >= 4 is 23.0 Å². The normalized spacial score (nSPS) is 17.1. The van der Waals surface area contributed by atoms with Gasteiger partial charge < -0.3 is 19.9 Å². The maximum atomic E-state index is 11.8. The Morgan fingerprint density at radius 1 is 0.962 bits per heavy atom. The number of ether oxygens (including phenoxy) is 1. The van der Waals surface area contributed by atoms with Gasteiger partial charge in [-0.15, -0.1) is 0 Å². The Kier molecular flexibility index (Phi) is 4.69. The second-order valence-electron chi connectivity index (χ2n) is 6.96. The van der Waals surface area contributed by atoms with Gasteiger partial charge in [-0.3, -0.25) is 4.79 Å². The molecule has 2 aromatic carbocycles. The second-order valence-corrected chi connectivity index (χ2v) is 6.96. The minimum atomic E-state index is 0.156. The largest absolute Gasteiger partial charge is 0.495 e. The molecule has 1 N–H and O–H groups in total. The minimum Gasteiger partial charge on any atom is -0.495 e. The quantitative estimate of drug-likeness (QED) is 0.897. The third-order valence-corrected chi connectivity index (χ3v) is 5.15. The van der Waals surface area contributed by atoms with Gasteiger partial charge >= 0.3 is 0 Å². The molecular weight excluding hydrogens is 326 g/mol. The van der Waals surface area contributed by atoms with E-state index >= 15 is 0 Å². The van der Waals surface area contributed by atoms with Crippen molar-refractivity contribution in [1.29, 1.82) is 0 Å². The van der Waals surface area contributed by atoms with E-state index in [4.69, 9.17) is 4.74 Å². The highest BCUT2D eigenvalue weighted by Crippen LogP contribution is 2.31. The first kappa shape index (κ1) is 16.8. The number of methoxy groups -OCH3 is 1. The lowest BCUT2D eigenvalue weighted by Gasteiger charge is -2.37. The van der Waals surface area contributed by atoms with E-state index in [-0.39, 0.29) is 11.8 Å². The van der Waals surface area contributed by atoms with Crippen molar-refractivity contribution in [2.45, 2.75) is 12.8 Å². The van der Waals surface area contributed by atoms with Crippen LogP contribution in [0.3, 0.4) is 0 Å². The molecule has 0 aromatic heterocycles. The molecule has 0 bridgehead atoms. The molecule has 2 fully saturated rings. The predicted octanol–water partition coefficient (Wildman–Crippen LogP) is 3.37. The number of para-hydroxylation sites is 2. The molecule has 0 atom stereocenters. The van der Waals surface area contributed by atoms with Crippen molar-refractivity contribution in [3.63, 3.8) is 0 Å². The van der Waals surface area contributed by atoms with Crippen LogP contribution in [0.4, 0.5) is 17.1 Å². The number of benzene rings is 2. The Morgan fingerprint density at radius 3 is 2.27 bits per heavy atom. The van der Waals surface area contributed by atoms with E-state index in [2.05, 4.69) is 39.4 Å². The number of nitrogens with zero attached hydrogens (tertiary/aromatic N) is 2. The van der Waals surface area contributed by atoms with Gasteiger partial charge in [0.15, 0.2) is 0 Å². The number of hydrogen-bond donors (Lipinski definition) is 1. The minimum absolute atomic E-state index is 0.156. The Morgan fingerprint density at radius 2 is 1.62 bits per heavy atom. The Labute approximate surface area is 154 Å². The summed E-state index contributed by atoms with van der Waals surface area (Å²) >= 11 is 0. The van der Waals surface area contributed by atoms with Gasteiger partial charge in [0.05, 0.1) is 12.8 Å². The Bertz CT molecular complexity index is 763. The summed E-state index contributed by atoms with van der Waals surface area (Å²) in [7, 11) is 1.72. The molecular formula is C21H25N3O2. The lowest BCUT2D eigenvalue weighted by atomic mass is 10.2. The van der Waals surface area contributed by atoms with E-state index < -0.39 is 0 Å². The number of rotatable bonds is 5. The monoisotopic (exact) mass is 351 g/mol. The van der Waals surface area contributed by atoms with Gasteiger partial charge in [0.1, 0.15) is 5.75 Å². The average Bonchev–Trinajstić information content (AvgIpc) is 3.54. The lowest BCUT2D eigenvalue weighted by molar-refractivity contribution is -0.117. The standard InChI is InChI=1S/C21H25N3O2/c1-26-20-5-3-2-4-19(20)24-14-12-23(13-15-24)18-10-8-17(9-11-18)22-21(25)16-6-7-16/h2-5,8-11,16H,6-7,12-15H2,1H3,(H,22,25). The zero-order valence-electron chi connectivity index (χ0n) is 15.1. The van der Waals surface area contributed by atoms with Gasteiger partial charge in [-0.25, -0.2) is 0 Å². The van der Waals surface area contributed by atoms with Gasteiger partial charge in [-0.2, -0.15) is 0 Å². The molecule has 5 heteroatoms. The Hall–Kier alpha value is -2.69. The maximum Gasteiger partial charge on any atom is 0.227 e. The van der Waals surface area contributed by atoms with E-state index in [1.165, 1.54) is 5.69 Å². The molecule has 2 aliphatic rings. The van der Waals surface area contributed by atoms with E-state index in [0.717, 1.165) is 56.1 Å². The highest BCUT2D eigenvalue weighted by Gasteiger charge is 2.29. The fraction of sp³-hybridized carbons (Fsp3) is 0.381. The van der Waals surface area contributed by atoms with Crippen molar-refractivity contribution in [1.82, 2.24) is 0 Å². The van der Waals surface area contributed by atoms with Crippen LogP contribution in [-0.2, 0) is 4.79 Å². The molecule has 4 rings (SSSR count). The highest BCUT2D eigenvalue weighted by molar-refractivity contribution is 5.94. The molecule has 5 nitrogen and oxygen atoms in total. The molecule has 1 aliphatic heterocycles. The first-order valence-corrected chi connectivity index (χ1v) is 9.28. The third-order valence-electron chi connectivity index (χ3n) is 5.15. The lowest BCUT2D eigenvalue weighted by Crippen LogP contribution is -2.46. The molecule has 1 aliphatic carbocycles. The fourth-order valence-electron chi connectivity index (χ4n) is 3.44. The number of nitrogens with one attached hydrogen (secondary N) is 1. The van der Waals surface area contributed by atoms with E-state index in [0.29, 0.717) is 0 Å². The zero-order chi connectivity index (χ0) is 17.9. The van der Waals surface area contributed by atoms with Gasteiger partial charge in [0.25, 0.3) is 0 Å². The molecule has 1 heterocycles. The summed E-state index contributed by atoms with van der Waals surface area (Å²) in [5.74, 6) is 1.32. The van der Waals surface area contributed by atoms with Crippen LogP contribution >= 0.6 is 0 Å². The molecule has 1 amide bonds. The number of hydrogen-bond acceptors (Lipinski definition) is 4. The van der Waals surface area contributed by atoms with Crippen LogP contribution in [0.25, 0.3) is 0 Å². The molecule has 0 radical (unpaired) electrons. The number of amides is 1. The summed E-state index contributed by atoms with van der Waals surface area (Å²) in [5, 5.41) is 3.00. The summed E-state index contributed by atoms with van der Waals surface area (Å²) in [5.41, 5.74) is 3.25. The molecule has 1 saturated carbocycles. The van der Waals surface area contributed by atoms with Crippen LogP contribution in [0.5, 0.6) is 5.75 Å². The summed E-state index contributed by atoms with van der Waals surface area (Å²) in [6, 6.07) is 16.4. The number of carbonyl (C=O) groups excluding carboxylic acids is 1. The van der Waals surface area contributed by atoms with Gasteiger partial charge in [0, 0.05) is 43.5 Å². The molecule has 26 heavy (non-hydrogen) atoms. The van der Waals surface area contributed by atoms with Crippen LogP contribution < -0.4 is 19.9 Å². The summed E-state index contributed by atoms with van der Waals surface area (Å²) < 4.78 is 5.49. The number of carbonyl (C=O) groups is 1. The van der Waals surface area contributed by atoms with Gasteiger partial charge in [0.2, 0.25) is 5.91 Å². The summed E-state index contributed by atoms with van der Waals surface area (Å²) in [6.07, 6.45) is 2.06. The second kappa shape index (κ2) is 7.28. The zero-order valence-corrected chi connectivity index (χ0v) is 15.1. The highest BCUT2D eigenvalue weighted by atomic mass is 16.5. The first-order chi connectivity index (χ1) is 12.7. The summed E-state index contributed by atoms with van der Waals surface area (Å²) in [4.78, 5) is 16.6. The molecule has 0 spiro atoms. The van der Waals surface area contributed by atoms with Crippen LogP contribution in [0.1, 0.15) is 12.8 Å². The van der Waals surface area contributed by atoms with Gasteiger partial charge in [-0.05, 0) is 49.2 Å². The first-order valence-electron chi connectivity index (χ1n) is 9.28. The van der Waals surface area contributed by atoms with Gasteiger partial charge in [-0.1, -0.05) is 12.1 Å². The van der Waals surface area contributed by atoms with Crippen LogP contribution in [0, 0.1) is 5.92 Å². The van der Waals surface area contributed by atoms with Crippen LogP contribution in [-0.4, -0.2) is 39.2 Å². The number of anilines is 3. The van der Waals surface area contributed by atoms with Crippen molar-refractivity contribution in [3.8, 4) is 5.75 Å². The molecule has 2 aromatic rings. The average molecular weight is 351 g/mol. The maximum absolute atomic E-state index is 11.8. The summed E-state index contributed by atoms with van der Waals surface area (Å²) in [6.45, 7) is 3.85. The third kappa shape index (κ3) is 3.62. The SMILES string of the molecule is COc1ccccc1N1CCN(c2ccc(NC(=O)C3CC3)cc2)CC1. The van der Waals surface area contributed by atoms with Crippen LogP contribution in [0.2, 0.25) is 0 Å². The smallest absolute Gasteiger partial charge is 0.227 e.